The van der Waals surface area contributed by atoms with E-state index in [1.165, 1.54) is 20.0 Å². The molecule has 1 atom stereocenters. The summed E-state index contributed by atoms with van der Waals surface area (Å²) in [4.78, 5) is 26.8. The normalized spacial score (nSPS) is 16.3. The third-order valence-electron chi connectivity index (χ3n) is 5.41. The molecule has 1 saturated carbocycles. The summed E-state index contributed by atoms with van der Waals surface area (Å²) in [5.74, 6) is 0.0903. The van der Waals surface area contributed by atoms with Crippen molar-refractivity contribution in [2.45, 2.75) is 65.3 Å². The summed E-state index contributed by atoms with van der Waals surface area (Å²) in [5.41, 5.74) is 2.04. The Morgan fingerprint density at radius 1 is 1.11 bits per heavy atom. The average Bonchev–Trinajstić information content (AvgIpc) is 2.93. The second-order valence-electron chi connectivity index (χ2n) is 7.63. The van der Waals surface area contributed by atoms with Crippen LogP contribution in [-0.4, -0.2) is 43.1 Å². The van der Waals surface area contributed by atoms with Gasteiger partial charge in [-0.15, -0.1) is 0 Å². The topological polar surface area (TPSA) is 55.8 Å². The highest BCUT2D eigenvalue weighted by Gasteiger charge is 2.28. The molecule has 2 rings (SSSR count). The minimum Gasteiger partial charge on any atom is -0.483 e. The van der Waals surface area contributed by atoms with E-state index in [9.17, 15) is 9.59 Å². The van der Waals surface area contributed by atoms with Crippen molar-refractivity contribution in [2.75, 3.05) is 20.3 Å². The number of aryl methyl sites for hydroxylation is 2. The van der Waals surface area contributed by atoms with Gasteiger partial charge in [-0.3, -0.25) is 9.59 Å². The van der Waals surface area contributed by atoms with Crippen LogP contribution in [0.4, 0.5) is 0 Å². The van der Waals surface area contributed by atoms with E-state index in [1.807, 2.05) is 43.9 Å². The Hall–Kier alpha value is -2.04. The summed E-state index contributed by atoms with van der Waals surface area (Å²) >= 11 is 0. The molecular formula is C22H33NO4. The minimum atomic E-state index is -0.345. The van der Waals surface area contributed by atoms with E-state index < -0.39 is 0 Å². The van der Waals surface area contributed by atoms with Gasteiger partial charge in [-0.05, 0) is 37.8 Å². The van der Waals surface area contributed by atoms with Crippen molar-refractivity contribution in [2.24, 2.45) is 5.92 Å². The zero-order valence-electron chi connectivity index (χ0n) is 17.1. The van der Waals surface area contributed by atoms with Crippen LogP contribution in [0.1, 0.15) is 56.6 Å². The highest BCUT2D eigenvalue weighted by Crippen LogP contribution is 2.25. The maximum Gasteiger partial charge on any atom is 0.310 e. The van der Waals surface area contributed by atoms with Crippen LogP contribution in [0.3, 0.4) is 0 Å². The lowest BCUT2D eigenvalue weighted by Crippen LogP contribution is -2.46. The number of para-hydroxylation sites is 1. The molecule has 1 aliphatic rings. The van der Waals surface area contributed by atoms with Gasteiger partial charge in [-0.2, -0.15) is 0 Å². The van der Waals surface area contributed by atoms with Crippen LogP contribution in [0, 0.1) is 19.8 Å². The molecule has 1 aromatic carbocycles. The minimum absolute atomic E-state index is 0.00388. The zero-order chi connectivity index (χ0) is 19.8. The van der Waals surface area contributed by atoms with Crippen molar-refractivity contribution < 1.29 is 19.1 Å². The van der Waals surface area contributed by atoms with Crippen LogP contribution < -0.4 is 4.74 Å². The maximum atomic E-state index is 13.0. The predicted molar refractivity (Wildman–Crippen MR) is 106 cm³/mol. The third-order valence-corrected chi connectivity index (χ3v) is 5.41. The first-order valence-electron chi connectivity index (χ1n) is 10.00. The van der Waals surface area contributed by atoms with E-state index in [0.717, 1.165) is 42.6 Å². The van der Waals surface area contributed by atoms with E-state index in [0.29, 0.717) is 6.54 Å². The Bertz CT molecular complexity index is 615. The van der Waals surface area contributed by atoms with Crippen molar-refractivity contribution in [3.8, 4) is 5.75 Å². The Balaban J connectivity index is 2.10. The molecular weight excluding hydrogens is 342 g/mol. The van der Waals surface area contributed by atoms with E-state index in [-0.39, 0.29) is 30.4 Å². The fourth-order valence-corrected chi connectivity index (χ4v) is 3.84. The Labute approximate surface area is 163 Å². The van der Waals surface area contributed by atoms with Crippen molar-refractivity contribution in [3.63, 3.8) is 0 Å². The van der Waals surface area contributed by atoms with Gasteiger partial charge in [0.25, 0.3) is 5.91 Å². The highest BCUT2D eigenvalue weighted by atomic mass is 16.5. The molecule has 1 fully saturated rings. The van der Waals surface area contributed by atoms with Gasteiger partial charge in [0.1, 0.15) is 5.75 Å². The Morgan fingerprint density at radius 3 is 2.26 bits per heavy atom. The Kier molecular flexibility index (Phi) is 8.14. The van der Waals surface area contributed by atoms with Crippen molar-refractivity contribution in [3.05, 3.63) is 29.3 Å². The number of hydrogen-bond donors (Lipinski definition) is 0. The number of carbonyl (C=O) groups excluding carboxylic acids is 2. The molecule has 5 heteroatoms. The lowest BCUT2D eigenvalue weighted by Gasteiger charge is -2.33. The van der Waals surface area contributed by atoms with E-state index in [1.54, 1.807) is 0 Å². The van der Waals surface area contributed by atoms with Crippen molar-refractivity contribution >= 4 is 11.9 Å². The molecule has 0 bridgehead atoms. The number of ether oxygens (including phenoxy) is 2. The molecule has 150 valence electrons. The van der Waals surface area contributed by atoms with Gasteiger partial charge >= 0.3 is 5.97 Å². The van der Waals surface area contributed by atoms with Crippen LogP contribution in [0.25, 0.3) is 0 Å². The lowest BCUT2D eigenvalue weighted by atomic mass is 10.0. The molecule has 0 heterocycles. The van der Waals surface area contributed by atoms with Crippen LogP contribution in [0.2, 0.25) is 0 Å². The molecule has 5 nitrogen and oxygen atoms in total. The summed E-state index contributed by atoms with van der Waals surface area (Å²) in [6, 6.07) is 6.12. The van der Waals surface area contributed by atoms with Gasteiger partial charge in [0.2, 0.25) is 0 Å². The fraction of sp³-hybridized carbons (Fsp3) is 0.636. The Morgan fingerprint density at radius 2 is 1.70 bits per heavy atom. The van der Waals surface area contributed by atoms with Gasteiger partial charge in [-0.1, -0.05) is 50.8 Å². The number of benzene rings is 1. The summed E-state index contributed by atoms with van der Waals surface area (Å²) in [7, 11) is 1.39. The molecule has 0 radical (unpaired) electrons. The third kappa shape index (κ3) is 5.98. The first-order chi connectivity index (χ1) is 12.9. The fourth-order valence-electron chi connectivity index (χ4n) is 3.84. The number of rotatable bonds is 7. The van der Waals surface area contributed by atoms with E-state index in [2.05, 4.69) is 0 Å². The summed E-state index contributed by atoms with van der Waals surface area (Å²) < 4.78 is 10.8. The number of amides is 1. The van der Waals surface area contributed by atoms with Gasteiger partial charge in [0, 0.05) is 12.6 Å². The molecule has 0 saturated heterocycles. The van der Waals surface area contributed by atoms with Gasteiger partial charge in [0.05, 0.1) is 13.0 Å². The molecule has 0 spiro atoms. The first-order valence-corrected chi connectivity index (χ1v) is 10.00. The average molecular weight is 376 g/mol. The molecule has 0 aromatic heterocycles. The van der Waals surface area contributed by atoms with E-state index >= 15 is 0 Å². The van der Waals surface area contributed by atoms with Gasteiger partial charge in [0.15, 0.2) is 6.61 Å². The number of carbonyl (C=O) groups is 2. The van der Waals surface area contributed by atoms with Crippen LogP contribution in [0.15, 0.2) is 18.2 Å². The summed E-state index contributed by atoms with van der Waals surface area (Å²) in [6.45, 7) is 6.15. The molecule has 27 heavy (non-hydrogen) atoms. The molecule has 1 unspecified atom stereocenters. The monoisotopic (exact) mass is 375 g/mol. The van der Waals surface area contributed by atoms with Crippen LogP contribution in [0.5, 0.6) is 5.75 Å². The van der Waals surface area contributed by atoms with Gasteiger partial charge < -0.3 is 14.4 Å². The molecule has 1 aromatic rings. The second-order valence-corrected chi connectivity index (χ2v) is 7.63. The second kappa shape index (κ2) is 10.3. The summed E-state index contributed by atoms with van der Waals surface area (Å²) in [6.07, 6.45) is 6.65. The lowest BCUT2D eigenvalue weighted by molar-refractivity contribution is -0.147. The van der Waals surface area contributed by atoms with Gasteiger partial charge in [-0.25, -0.2) is 0 Å². The predicted octanol–water partition coefficient (Wildman–Crippen LogP) is 4.04. The number of nitrogens with zero attached hydrogens (tertiary/aromatic N) is 1. The molecule has 0 N–H and O–H groups in total. The zero-order valence-corrected chi connectivity index (χ0v) is 17.1. The quantitative estimate of drug-likeness (QED) is 0.533. The maximum absolute atomic E-state index is 13.0. The smallest absolute Gasteiger partial charge is 0.310 e. The first kappa shape index (κ1) is 21.3. The van der Waals surface area contributed by atoms with Crippen LogP contribution in [-0.2, 0) is 14.3 Å². The van der Waals surface area contributed by atoms with Crippen LogP contribution >= 0.6 is 0 Å². The van der Waals surface area contributed by atoms with Crippen molar-refractivity contribution in [1.29, 1.82) is 0 Å². The molecule has 1 aliphatic carbocycles. The molecule has 1 amide bonds. The summed E-state index contributed by atoms with van der Waals surface area (Å²) in [5, 5.41) is 0. The number of hydrogen-bond acceptors (Lipinski definition) is 4. The number of esters is 1. The highest BCUT2D eigenvalue weighted by molar-refractivity contribution is 5.79. The standard InChI is InChI=1S/C22H33NO4/c1-16-10-9-11-17(2)21(16)27-15-20(24)23(14-18(3)22(25)26-4)19-12-7-5-6-8-13-19/h9-11,18-19H,5-8,12-15H2,1-4H3. The van der Waals surface area contributed by atoms with Crippen molar-refractivity contribution in [1.82, 2.24) is 4.90 Å². The van der Waals surface area contributed by atoms with E-state index in [4.69, 9.17) is 9.47 Å². The largest absolute Gasteiger partial charge is 0.483 e. The number of methoxy groups -OCH3 is 1. The SMILES string of the molecule is COC(=O)C(C)CN(C(=O)COc1c(C)cccc1C)C1CCCCCC1. The molecule has 0 aliphatic heterocycles.